The molecule has 1 aromatic heterocycles. The number of amides is 1. The molecule has 3 aromatic rings. The van der Waals surface area contributed by atoms with E-state index in [9.17, 15) is 22.8 Å². The number of para-hydroxylation sites is 1. The van der Waals surface area contributed by atoms with Crippen molar-refractivity contribution in [3.05, 3.63) is 78.5 Å². The Morgan fingerprint density at radius 1 is 0.944 bits per heavy atom. The van der Waals surface area contributed by atoms with Crippen molar-refractivity contribution in [2.24, 2.45) is 5.92 Å². The second kappa shape index (κ2) is 11.1. The van der Waals surface area contributed by atoms with Gasteiger partial charge in [-0.05, 0) is 61.4 Å². The zero-order valence-corrected chi connectivity index (χ0v) is 19.2. The van der Waals surface area contributed by atoms with Crippen molar-refractivity contribution in [3.8, 4) is 11.5 Å². The summed E-state index contributed by atoms with van der Waals surface area (Å²) in [5.74, 6) is 0.404. The lowest BCUT2D eigenvalue weighted by Gasteiger charge is -2.31. The molecule has 0 radical (unpaired) electrons. The van der Waals surface area contributed by atoms with Crippen LogP contribution in [0.15, 0.2) is 72.9 Å². The van der Waals surface area contributed by atoms with Crippen molar-refractivity contribution in [3.63, 3.8) is 0 Å². The Hall–Kier alpha value is -4.08. The number of anilines is 2. The molecule has 7 nitrogen and oxygen atoms in total. The molecule has 0 bridgehead atoms. The maximum Gasteiger partial charge on any atom is 0.417 e. The van der Waals surface area contributed by atoms with Gasteiger partial charge in [0.2, 0.25) is 0 Å². The number of carbonyl (C=O) groups excluding carboxylic acids is 2. The maximum absolute atomic E-state index is 12.7. The third kappa shape index (κ3) is 6.74. The first kappa shape index (κ1) is 25.0. The molecule has 0 atom stereocenters. The molecule has 2 aromatic carbocycles. The van der Waals surface area contributed by atoms with Gasteiger partial charge in [0, 0.05) is 25.0 Å². The topological polar surface area (TPSA) is 80.8 Å². The van der Waals surface area contributed by atoms with Crippen molar-refractivity contribution in [2.45, 2.75) is 19.0 Å². The molecule has 1 aliphatic heterocycles. The van der Waals surface area contributed by atoms with E-state index in [4.69, 9.17) is 9.47 Å². The van der Waals surface area contributed by atoms with Crippen LogP contribution in [0.3, 0.4) is 0 Å². The summed E-state index contributed by atoms with van der Waals surface area (Å²) < 4.78 is 49.0. The molecule has 2 heterocycles. The van der Waals surface area contributed by atoms with E-state index in [1.54, 1.807) is 24.3 Å². The van der Waals surface area contributed by atoms with Crippen LogP contribution in [0.5, 0.6) is 11.5 Å². The number of pyridine rings is 1. The number of esters is 1. The van der Waals surface area contributed by atoms with Gasteiger partial charge in [-0.15, -0.1) is 0 Å². The average Bonchev–Trinajstić information content (AvgIpc) is 2.89. The number of halogens is 3. The molecule has 1 saturated heterocycles. The number of alkyl halides is 3. The fourth-order valence-electron chi connectivity index (χ4n) is 3.77. The zero-order valence-electron chi connectivity index (χ0n) is 19.2. The highest BCUT2D eigenvalue weighted by atomic mass is 19.4. The number of hydrogen-bond acceptors (Lipinski definition) is 6. The summed E-state index contributed by atoms with van der Waals surface area (Å²) in [5.41, 5.74) is -0.270. The molecular formula is C26H24F3N3O4. The van der Waals surface area contributed by atoms with Crippen LogP contribution in [0.4, 0.5) is 24.7 Å². The van der Waals surface area contributed by atoms with E-state index in [0.29, 0.717) is 48.9 Å². The molecule has 0 unspecified atom stereocenters. The summed E-state index contributed by atoms with van der Waals surface area (Å²) >= 11 is 0. The quantitative estimate of drug-likeness (QED) is 0.445. The fourth-order valence-corrected chi connectivity index (χ4v) is 3.77. The molecule has 1 N–H and O–H groups in total. The first-order valence-corrected chi connectivity index (χ1v) is 11.4. The van der Waals surface area contributed by atoms with E-state index >= 15 is 0 Å². The number of benzene rings is 2. The number of piperidine rings is 1. The predicted molar refractivity (Wildman–Crippen MR) is 127 cm³/mol. The van der Waals surface area contributed by atoms with E-state index < -0.39 is 36.1 Å². The molecule has 1 fully saturated rings. The normalized spacial score (nSPS) is 14.2. The molecule has 0 spiro atoms. The lowest BCUT2D eigenvalue weighted by atomic mass is 9.97. The standard InChI is InChI=1S/C26H24F3N3O4/c27-26(28,29)19-6-11-23(30-16-19)32-14-12-18(13-15-32)25(34)35-17-24(33)31-20-7-9-22(10-8-20)36-21-4-2-1-3-5-21/h1-11,16,18H,12-15,17H2,(H,31,33). The highest BCUT2D eigenvalue weighted by Crippen LogP contribution is 2.30. The van der Waals surface area contributed by atoms with Crippen molar-refractivity contribution in [1.29, 1.82) is 0 Å². The van der Waals surface area contributed by atoms with Gasteiger partial charge in [0.1, 0.15) is 17.3 Å². The molecule has 1 aliphatic rings. The van der Waals surface area contributed by atoms with E-state index in [1.807, 2.05) is 35.2 Å². The van der Waals surface area contributed by atoms with Crippen molar-refractivity contribution in [2.75, 3.05) is 29.9 Å². The van der Waals surface area contributed by atoms with Crippen LogP contribution >= 0.6 is 0 Å². The number of rotatable bonds is 7. The van der Waals surface area contributed by atoms with Gasteiger partial charge in [0.05, 0.1) is 11.5 Å². The van der Waals surface area contributed by atoms with Gasteiger partial charge < -0.3 is 19.7 Å². The fraction of sp³-hybridized carbons (Fsp3) is 0.269. The van der Waals surface area contributed by atoms with E-state index in [2.05, 4.69) is 10.3 Å². The van der Waals surface area contributed by atoms with Crippen LogP contribution in [-0.4, -0.2) is 36.6 Å². The zero-order chi connectivity index (χ0) is 25.5. The Morgan fingerprint density at radius 2 is 1.61 bits per heavy atom. The van der Waals surface area contributed by atoms with E-state index in [1.165, 1.54) is 6.07 Å². The van der Waals surface area contributed by atoms with Crippen LogP contribution in [0, 0.1) is 5.92 Å². The van der Waals surface area contributed by atoms with Crippen molar-refractivity contribution in [1.82, 2.24) is 4.98 Å². The summed E-state index contributed by atoms with van der Waals surface area (Å²) in [4.78, 5) is 30.3. The van der Waals surface area contributed by atoms with Crippen LogP contribution in [0.1, 0.15) is 18.4 Å². The molecule has 10 heteroatoms. The third-order valence-corrected chi connectivity index (χ3v) is 5.69. The first-order valence-electron chi connectivity index (χ1n) is 11.4. The highest BCUT2D eigenvalue weighted by Gasteiger charge is 2.31. The van der Waals surface area contributed by atoms with Gasteiger partial charge in [-0.2, -0.15) is 13.2 Å². The summed E-state index contributed by atoms with van der Waals surface area (Å²) in [6.45, 7) is 0.477. The number of ether oxygens (including phenoxy) is 2. The largest absolute Gasteiger partial charge is 0.457 e. The third-order valence-electron chi connectivity index (χ3n) is 5.69. The highest BCUT2D eigenvalue weighted by molar-refractivity contribution is 5.93. The summed E-state index contributed by atoms with van der Waals surface area (Å²) in [6, 6.07) is 18.4. The minimum absolute atomic E-state index is 0.391. The average molecular weight is 499 g/mol. The Balaban J connectivity index is 1.19. The second-order valence-corrected chi connectivity index (χ2v) is 8.26. The second-order valence-electron chi connectivity index (χ2n) is 8.26. The van der Waals surface area contributed by atoms with E-state index in [-0.39, 0.29) is 0 Å². The number of carbonyl (C=O) groups is 2. The smallest absolute Gasteiger partial charge is 0.417 e. The monoisotopic (exact) mass is 499 g/mol. The van der Waals surface area contributed by atoms with Crippen molar-refractivity contribution >= 4 is 23.4 Å². The Bertz CT molecular complexity index is 1160. The number of nitrogens with zero attached hydrogens (tertiary/aromatic N) is 2. The number of hydrogen-bond donors (Lipinski definition) is 1. The SMILES string of the molecule is O=C(COC(=O)C1CCN(c2ccc(C(F)(F)F)cn2)CC1)Nc1ccc(Oc2ccccc2)cc1. The number of aromatic nitrogens is 1. The summed E-state index contributed by atoms with van der Waals surface area (Å²) in [5, 5.41) is 2.67. The van der Waals surface area contributed by atoms with Gasteiger partial charge in [-0.25, -0.2) is 4.98 Å². The molecule has 0 saturated carbocycles. The van der Waals surface area contributed by atoms with E-state index in [0.717, 1.165) is 12.3 Å². The van der Waals surface area contributed by atoms with Gasteiger partial charge in [0.15, 0.2) is 6.61 Å². The maximum atomic E-state index is 12.7. The van der Waals surface area contributed by atoms with Gasteiger partial charge in [0.25, 0.3) is 5.91 Å². The Kier molecular flexibility index (Phi) is 7.72. The van der Waals surface area contributed by atoms with Crippen LogP contribution in [0.2, 0.25) is 0 Å². The van der Waals surface area contributed by atoms with Crippen LogP contribution in [0.25, 0.3) is 0 Å². The van der Waals surface area contributed by atoms with Gasteiger partial charge >= 0.3 is 12.1 Å². The molecule has 188 valence electrons. The van der Waals surface area contributed by atoms with Crippen molar-refractivity contribution < 1.29 is 32.2 Å². The number of nitrogens with one attached hydrogen (secondary N) is 1. The van der Waals surface area contributed by atoms with Crippen LogP contribution in [-0.2, 0) is 20.5 Å². The molecule has 0 aliphatic carbocycles. The Labute approximate surface area is 205 Å². The summed E-state index contributed by atoms with van der Waals surface area (Å²) in [7, 11) is 0. The minimum atomic E-state index is -4.44. The molecule has 1 amide bonds. The lowest BCUT2D eigenvalue weighted by molar-refractivity contribution is -0.152. The Morgan fingerprint density at radius 3 is 2.22 bits per heavy atom. The first-order chi connectivity index (χ1) is 17.3. The summed E-state index contributed by atoms with van der Waals surface area (Å²) in [6.07, 6.45) is -2.73. The molecule has 4 rings (SSSR count). The lowest BCUT2D eigenvalue weighted by Crippen LogP contribution is -2.38. The van der Waals surface area contributed by atoms with Gasteiger partial charge in [-0.1, -0.05) is 18.2 Å². The minimum Gasteiger partial charge on any atom is -0.457 e. The molecular weight excluding hydrogens is 475 g/mol. The molecule has 36 heavy (non-hydrogen) atoms. The van der Waals surface area contributed by atoms with Gasteiger partial charge in [-0.3, -0.25) is 9.59 Å². The predicted octanol–water partition coefficient (Wildman–Crippen LogP) is 5.29. The van der Waals surface area contributed by atoms with Crippen LogP contribution < -0.4 is 15.0 Å².